The molecule has 1 N–H and O–H groups in total. The van der Waals surface area contributed by atoms with Crippen LogP contribution in [0.2, 0.25) is 0 Å². The first-order valence-electron chi connectivity index (χ1n) is 10.4. The Hall–Kier alpha value is -2.92. The molecule has 1 aliphatic rings. The number of aliphatic hydroxyl groups is 1. The van der Waals surface area contributed by atoms with Crippen molar-refractivity contribution in [2.45, 2.75) is 32.2 Å². The van der Waals surface area contributed by atoms with E-state index in [1.807, 2.05) is 49.3 Å². The molecule has 2 aromatic rings. The molecular weight excluding hydrogens is 376 g/mol. The molecule has 30 heavy (non-hydrogen) atoms. The molecule has 0 bridgehead atoms. The number of carbonyl (C=O) groups is 2. The number of benzene rings is 2. The largest absolute Gasteiger partial charge is 0.507 e. The number of Topliss-reactive ketones (excluding diaryl/α,β-unsaturated/α-hetero) is 1. The molecule has 1 fully saturated rings. The Balaban J connectivity index is 2.07. The van der Waals surface area contributed by atoms with Crippen molar-refractivity contribution in [3.63, 3.8) is 0 Å². The lowest BCUT2D eigenvalue weighted by Crippen LogP contribution is -2.32. The van der Waals surface area contributed by atoms with Crippen LogP contribution in [-0.2, 0) is 9.59 Å². The van der Waals surface area contributed by atoms with E-state index < -0.39 is 17.7 Å². The second-order valence-corrected chi connectivity index (χ2v) is 8.34. The molecule has 2 aromatic carbocycles. The minimum absolute atomic E-state index is 0.123. The molecule has 5 heteroatoms. The van der Waals surface area contributed by atoms with Crippen LogP contribution in [0.4, 0.5) is 0 Å². The van der Waals surface area contributed by atoms with Crippen molar-refractivity contribution < 1.29 is 14.7 Å². The van der Waals surface area contributed by atoms with E-state index in [9.17, 15) is 14.7 Å². The first-order valence-corrected chi connectivity index (χ1v) is 10.4. The third-order valence-corrected chi connectivity index (χ3v) is 5.51. The van der Waals surface area contributed by atoms with Crippen LogP contribution < -0.4 is 0 Å². The first kappa shape index (κ1) is 21.8. The molecular formula is C25H30N2O3. The molecule has 158 valence electrons. The molecule has 1 atom stereocenters. The summed E-state index contributed by atoms with van der Waals surface area (Å²) in [7, 11) is 3.96. The summed E-state index contributed by atoms with van der Waals surface area (Å²) in [6, 6.07) is 16.3. The second kappa shape index (κ2) is 9.26. The Kier molecular flexibility index (Phi) is 6.73. The van der Waals surface area contributed by atoms with E-state index in [0.29, 0.717) is 18.0 Å². The monoisotopic (exact) mass is 406 g/mol. The molecule has 1 saturated heterocycles. The SMILES string of the molecule is CC(C)c1ccc([C@@H]2C(=C(O)c3ccccc3)C(=O)C(=O)N2CCCN(C)C)cc1. The van der Waals surface area contributed by atoms with E-state index in [1.54, 1.807) is 29.2 Å². The molecule has 0 spiro atoms. The first-order chi connectivity index (χ1) is 14.3. The van der Waals surface area contributed by atoms with Gasteiger partial charge in [0.05, 0.1) is 11.6 Å². The van der Waals surface area contributed by atoms with Gasteiger partial charge in [-0.1, -0.05) is 68.4 Å². The topological polar surface area (TPSA) is 60.9 Å². The molecule has 1 aliphatic heterocycles. The Morgan fingerprint density at radius 1 is 1.03 bits per heavy atom. The zero-order valence-corrected chi connectivity index (χ0v) is 18.1. The third-order valence-electron chi connectivity index (χ3n) is 5.51. The Bertz CT molecular complexity index is 931. The standard InChI is InChI=1S/C25H30N2O3/c1-17(2)18-11-13-19(14-12-18)22-21(23(28)20-9-6-5-7-10-20)24(29)25(30)27(22)16-8-15-26(3)4/h5-7,9-14,17,22,28H,8,15-16H2,1-4H3/t22-/m1/s1. The van der Waals surface area contributed by atoms with Gasteiger partial charge in [0.25, 0.3) is 11.7 Å². The van der Waals surface area contributed by atoms with Crippen molar-refractivity contribution in [2.75, 3.05) is 27.2 Å². The van der Waals surface area contributed by atoms with Crippen LogP contribution in [0.3, 0.4) is 0 Å². The summed E-state index contributed by atoms with van der Waals surface area (Å²) in [6.07, 6.45) is 0.742. The highest BCUT2D eigenvalue weighted by atomic mass is 16.3. The maximum absolute atomic E-state index is 13.0. The Labute approximate surface area is 178 Å². The van der Waals surface area contributed by atoms with Crippen LogP contribution in [0.15, 0.2) is 60.2 Å². The van der Waals surface area contributed by atoms with E-state index >= 15 is 0 Å². The van der Waals surface area contributed by atoms with Crippen molar-refractivity contribution in [1.82, 2.24) is 9.80 Å². The fourth-order valence-electron chi connectivity index (χ4n) is 3.83. The maximum Gasteiger partial charge on any atom is 0.295 e. The zero-order chi connectivity index (χ0) is 21.8. The normalized spacial score (nSPS) is 18.6. The van der Waals surface area contributed by atoms with Crippen molar-refractivity contribution >= 4 is 17.4 Å². The van der Waals surface area contributed by atoms with Crippen LogP contribution in [0.1, 0.15) is 48.9 Å². The molecule has 0 radical (unpaired) electrons. The second-order valence-electron chi connectivity index (χ2n) is 8.34. The number of hydrogen-bond donors (Lipinski definition) is 1. The lowest BCUT2D eigenvalue weighted by atomic mass is 9.93. The molecule has 0 unspecified atom stereocenters. The zero-order valence-electron chi connectivity index (χ0n) is 18.1. The van der Waals surface area contributed by atoms with Gasteiger partial charge >= 0.3 is 0 Å². The van der Waals surface area contributed by atoms with Gasteiger partial charge in [0.15, 0.2) is 0 Å². The Morgan fingerprint density at radius 2 is 1.67 bits per heavy atom. The van der Waals surface area contributed by atoms with Crippen LogP contribution in [0, 0.1) is 0 Å². The molecule has 0 aliphatic carbocycles. The van der Waals surface area contributed by atoms with Gasteiger partial charge in [0.1, 0.15) is 5.76 Å². The summed E-state index contributed by atoms with van der Waals surface area (Å²) in [5.74, 6) is -0.917. The van der Waals surface area contributed by atoms with Gasteiger partial charge in [-0.2, -0.15) is 0 Å². The molecule has 0 saturated carbocycles. The van der Waals surface area contributed by atoms with E-state index in [-0.39, 0.29) is 11.3 Å². The van der Waals surface area contributed by atoms with Gasteiger partial charge in [-0.15, -0.1) is 0 Å². The molecule has 1 amide bonds. The van der Waals surface area contributed by atoms with Gasteiger partial charge in [-0.05, 0) is 44.1 Å². The van der Waals surface area contributed by atoms with E-state index in [1.165, 1.54) is 5.56 Å². The van der Waals surface area contributed by atoms with E-state index in [0.717, 1.165) is 18.5 Å². The fraction of sp³-hybridized carbons (Fsp3) is 0.360. The van der Waals surface area contributed by atoms with Crippen LogP contribution >= 0.6 is 0 Å². The number of likely N-dealkylation sites (tertiary alicyclic amines) is 1. The van der Waals surface area contributed by atoms with Gasteiger partial charge < -0.3 is 14.9 Å². The smallest absolute Gasteiger partial charge is 0.295 e. The average molecular weight is 407 g/mol. The summed E-state index contributed by atoms with van der Waals surface area (Å²) < 4.78 is 0. The molecule has 1 heterocycles. The fourth-order valence-corrected chi connectivity index (χ4v) is 3.83. The van der Waals surface area contributed by atoms with Gasteiger partial charge in [-0.3, -0.25) is 9.59 Å². The predicted octanol–water partition coefficient (Wildman–Crippen LogP) is 4.18. The highest BCUT2D eigenvalue weighted by Gasteiger charge is 2.45. The predicted molar refractivity (Wildman–Crippen MR) is 119 cm³/mol. The van der Waals surface area contributed by atoms with Crippen LogP contribution in [-0.4, -0.2) is 53.8 Å². The molecule has 0 aromatic heterocycles. The number of hydrogen-bond acceptors (Lipinski definition) is 4. The van der Waals surface area contributed by atoms with Crippen LogP contribution in [0.25, 0.3) is 5.76 Å². The number of ketones is 1. The quantitative estimate of drug-likeness (QED) is 0.426. The lowest BCUT2D eigenvalue weighted by Gasteiger charge is -2.26. The molecule has 3 rings (SSSR count). The number of nitrogens with zero attached hydrogens (tertiary/aromatic N) is 2. The summed E-state index contributed by atoms with van der Waals surface area (Å²) in [4.78, 5) is 29.5. The minimum atomic E-state index is -0.626. The number of amides is 1. The summed E-state index contributed by atoms with van der Waals surface area (Å²) in [6.45, 7) is 5.50. The van der Waals surface area contributed by atoms with Gasteiger partial charge in [0, 0.05) is 12.1 Å². The number of carbonyl (C=O) groups excluding carboxylic acids is 2. The van der Waals surface area contributed by atoms with Gasteiger partial charge in [-0.25, -0.2) is 0 Å². The minimum Gasteiger partial charge on any atom is -0.507 e. The molecule has 5 nitrogen and oxygen atoms in total. The van der Waals surface area contributed by atoms with Crippen molar-refractivity contribution in [2.24, 2.45) is 0 Å². The highest BCUT2D eigenvalue weighted by molar-refractivity contribution is 6.46. The summed E-state index contributed by atoms with van der Waals surface area (Å²) in [5.41, 5.74) is 2.72. The van der Waals surface area contributed by atoms with E-state index in [2.05, 4.69) is 13.8 Å². The Morgan fingerprint density at radius 3 is 2.23 bits per heavy atom. The van der Waals surface area contributed by atoms with Crippen molar-refractivity contribution in [3.8, 4) is 0 Å². The maximum atomic E-state index is 13.0. The lowest BCUT2D eigenvalue weighted by molar-refractivity contribution is -0.139. The summed E-state index contributed by atoms with van der Waals surface area (Å²) in [5, 5.41) is 11.0. The van der Waals surface area contributed by atoms with Crippen molar-refractivity contribution in [3.05, 3.63) is 76.9 Å². The average Bonchev–Trinajstić information content (AvgIpc) is 2.98. The highest BCUT2D eigenvalue weighted by Crippen LogP contribution is 2.39. The van der Waals surface area contributed by atoms with Gasteiger partial charge in [0.2, 0.25) is 0 Å². The van der Waals surface area contributed by atoms with E-state index in [4.69, 9.17) is 0 Å². The summed E-state index contributed by atoms with van der Waals surface area (Å²) >= 11 is 0. The number of aliphatic hydroxyl groups excluding tert-OH is 1. The van der Waals surface area contributed by atoms with Crippen LogP contribution in [0.5, 0.6) is 0 Å². The number of rotatable bonds is 7. The van der Waals surface area contributed by atoms with Crippen molar-refractivity contribution in [1.29, 1.82) is 0 Å². The third kappa shape index (κ3) is 4.46.